The van der Waals surface area contributed by atoms with Crippen molar-refractivity contribution in [2.24, 2.45) is 0 Å². The molecule has 0 unspecified atom stereocenters. The molecule has 6 nitrogen and oxygen atoms in total. The molecule has 6 heteroatoms. The zero-order valence-corrected chi connectivity index (χ0v) is 15.8. The first-order valence-electron chi connectivity index (χ1n) is 9.90. The monoisotopic (exact) mass is 387 g/mol. The van der Waals surface area contributed by atoms with Gasteiger partial charge in [0.05, 0.1) is 41.0 Å². The highest BCUT2D eigenvalue weighted by molar-refractivity contribution is 5.95. The van der Waals surface area contributed by atoms with Gasteiger partial charge in [0.15, 0.2) is 5.82 Å². The van der Waals surface area contributed by atoms with Crippen molar-refractivity contribution in [1.82, 2.24) is 9.97 Å². The zero-order valence-electron chi connectivity index (χ0n) is 15.8. The zero-order chi connectivity index (χ0) is 19.8. The van der Waals surface area contributed by atoms with Gasteiger partial charge in [0.2, 0.25) is 0 Å². The fraction of sp³-hybridized carbons (Fsp3) is 0.261. The molecule has 1 heterocycles. The molecule has 146 valence electrons. The first kappa shape index (κ1) is 17.7. The highest BCUT2D eigenvalue weighted by Gasteiger charge is 2.26. The molecule has 2 aromatic carbocycles. The van der Waals surface area contributed by atoms with E-state index in [1.54, 1.807) is 18.5 Å². The van der Waals surface area contributed by atoms with Crippen LogP contribution in [0.25, 0.3) is 11.4 Å². The Bertz CT molecular complexity index is 1060. The lowest BCUT2D eigenvalue weighted by molar-refractivity contribution is 0.0698. The number of hydrogen-bond acceptors (Lipinski definition) is 5. The van der Waals surface area contributed by atoms with Crippen molar-refractivity contribution in [2.45, 2.75) is 37.7 Å². The number of carboxylic acid groups (broad SMARTS) is 1. The molecule has 5 rings (SSSR count). The van der Waals surface area contributed by atoms with Gasteiger partial charge in [0.25, 0.3) is 0 Å². The van der Waals surface area contributed by atoms with Gasteiger partial charge in [0.1, 0.15) is 5.75 Å². The third-order valence-electron chi connectivity index (χ3n) is 5.20. The van der Waals surface area contributed by atoms with Crippen LogP contribution in [0, 0.1) is 0 Å². The second kappa shape index (κ2) is 7.20. The van der Waals surface area contributed by atoms with Gasteiger partial charge in [-0.2, -0.15) is 0 Å². The second-order valence-corrected chi connectivity index (χ2v) is 7.62. The maximum atomic E-state index is 11.7. The summed E-state index contributed by atoms with van der Waals surface area (Å²) < 4.78 is 5.95. The number of benzene rings is 2. The molecule has 0 atom stereocenters. The van der Waals surface area contributed by atoms with E-state index in [-0.39, 0.29) is 5.56 Å². The summed E-state index contributed by atoms with van der Waals surface area (Å²) in [4.78, 5) is 20.6. The molecule has 0 spiro atoms. The number of rotatable bonds is 7. The number of aromatic nitrogens is 2. The third-order valence-corrected chi connectivity index (χ3v) is 5.20. The Labute approximate surface area is 168 Å². The molecule has 1 aromatic heterocycles. The standard InChI is InChI=1S/C23H21N3O3/c27-23(28)19-11-15(14-5-6-14)7-10-20(19)26-16-12-24-22(25-13-16)18-3-1-2-4-21(18)29-17-8-9-17/h1-4,7,10-14,17,26H,5-6,8-9H2,(H,27,28). The number of carboxylic acids is 1. The smallest absolute Gasteiger partial charge is 0.337 e. The molecule has 2 N–H and O–H groups in total. The van der Waals surface area contributed by atoms with E-state index in [1.165, 1.54) is 0 Å². The summed E-state index contributed by atoms with van der Waals surface area (Å²) in [6.45, 7) is 0. The van der Waals surface area contributed by atoms with Crippen molar-refractivity contribution in [2.75, 3.05) is 5.32 Å². The lowest BCUT2D eigenvalue weighted by Crippen LogP contribution is -2.04. The number of carbonyl (C=O) groups is 1. The van der Waals surface area contributed by atoms with E-state index in [1.807, 2.05) is 36.4 Å². The highest BCUT2D eigenvalue weighted by atomic mass is 16.5. The van der Waals surface area contributed by atoms with Crippen molar-refractivity contribution in [1.29, 1.82) is 0 Å². The Hall–Kier alpha value is -3.41. The molecular weight excluding hydrogens is 366 g/mol. The Morgan fingerprint density at radius 1 is 1.03 bits per heavy atom. The van der Waals surface area contributed by atoms with Crippen LogP contribution in [-0.2, 0) is 0 Å². The number of ether oxygens (including phenoxy) is 1. The maximum Gasteiger partial charge on any atom is 0.337 e. The molecule has 3 aromatic rings. The van der Waals surface area contributed by atoms with Crippen molar-refractivity contribution in [3.8, 4) is 17.1 Å². The molecule has 0 amide bonds. The lowest BCUT2D eigenvalue weighted by atomic mass is 10.0. The largest absolute Gasteiger partial charge is 0.490 e. The van der Waals surface area contributed by atoms with Crippen LogP contribution in [0.4, 0.5) is 11.4 Å². The number of nitrogens with zero attached hydrogens (tertiary/aromatic N) is 2. The summed E-state index contributed by atoms with van der Waals surface area (Å²) >= 11 is 0. The van der Waals surface area contributed by atoms with E-state index in [2.05, 4.69) is 15.3 Å². The average Bonchev–Trinajstić information content (AvgIpc) is 3.64. The molecule has 2 aliphatic rings. The Balaban J connectivity index is 1.38. The molecule has 0 bridgehead atoms. The van der Waals surface area contributed by atoms with Crippen LogP contribution in [0.5, 0.6) is 5.75 Å². The fourth-order valence-corrected chi connectivity index (χ4v) is 3.33. The topological polar surface area (TPSA) is 84.3 Å². The average molecular weight is 387 g/mol. The van der Waals surface area contributed by atoms with E-state index in [9.17, 15) is 9.90 Å². The van der Waals surface area contributed by atoms with E-state index >= 15 is 0 Å². The van der Waals surface area contributed by atoms with Crippen LogP contribution in [-0.4, -0.2) is 27.1 Å². The van der Waals surface area contributed by atoms with E-state index in [4.69, 9.17) is 4.74 Å². The summed E-state index contributed by atoms with van der Waals surface area (Å²) in [7, 11) is 0. The predicted octanol–water partition coefficient (Wildman–Crippen LogP) is 5.00. The summed E-state index contributed by atoms with van der Waals surface area (Å²) in [5.41, 5.74) is 3.38. The van der Waals surface area contributed by atoms with Gasteiger partial charge in [-0.3, -0.25) is 0 Å². The minimum Gasteiger partial charge on any atom is -0.490 e. The van der Waals surface area contributed by atoms with Gasteiger partial charge in [0, 0.05) is 0 Å². The Morgan fingerprint density at radius 2 is 1.79 bits per heavy atom. The summed E-state index contributed by atoms with van der Waals surface area (Å²) in [6.07, 6.45) is 8.06. The number of para-hydroxylation sites is 1. The first-order chi connectivity index (χ1) is 14.2. The van der Waals surface area contributed by atoms with Crippen molar-refractivity contribution in [3.63, 3.8) is 0 Å². The van der Waals surface area contributed by atoms with E-state index in [0.29, 0.717) is 29.2 Å². The van der Waals surface area contributed by atoms with Crippen LogP contribution >= 0.6 is 0 Å². The third kappa shape index (κ3) is 3.92. The number of aromatic carboxylic acids is 1. The molecular formula is C23H21N3O3. The number of hydrogen-bond donors (Lipinski definition) is 2. The quantitative estimate of drug-likeness (QED) is 0.593. The van der Waals surface area contributed by atoms with Crippen LogP contribution in [0.1, 0.15) is 47.5 Å². The second-order valence-electron chi connectivity index (χ2n) is 7.62. The van der Waals surface area contributed by atoms with Crippen LogP contribution in [0.3, 0.4) is 0 Å². The van der Waals surface area contributed by atoms with Gasteiger partial charge in [-0.1, -0.05) is 18.2 Å². The van der Waals surface area contributed by atoms with Crippen molar-refractivity contribution < 1.29 is 14.6 Å². The predicted molar refractivity (Wildman–Crippen MR) is 110 cm³/mol. The molecule has 0 saturated heterocycles. The molecule has 2 aliphatic carbocycles. The lowest BCUT2D eigenvalue weighted by Gasteiger charge is -2.12. The summed E-state index contributed by atoms with van der Waals surface area (Å²) in [5, 5.41) is 12.7. The van der Waals surface area contributed by atoms with Crippen molar-refractivity contribution in [3.05, 3.63) is 66.0 Å². The van der Waals surface area contributed by atoms with E-state index in [0.717, 1.165) is 42.6 Å². The highest BCUT2D eigenvalue weighted by Crippen LogP contribution is 2.41. The van der Waals surface area contributed by atoms with Crippen LogP contribution in [0.15, 0.2) is 54.9 Å². The summed E-state index contributed by atoms with van der Waals surface area (Å²) in [5.74, 6) is 0.926. The molecule has 2 saturated carbocycles. The first-order valence-corrected chi connectivity index (χ1v) is 9.90. The molecule has 29 heavy (non-hydrogen) atoms. The van der Waals surface area contributed by atoms with Crippen LogP contribution in [0.2, 0.25) is 0 Å². The SMILES string of the molecule is O=C(O)c1cc(C2CC2)ccc1Nc1cnc(-c2ccccc2OC2CC2)nc1. The summed E-state index contributed by atoms with van der Waals surface area (Å²) in [6, 6.07) is 13.3. The maximum absolute atomic E-state index is 11.7. The fourth-order valence-electron chi connectivity index (χ4n) is 3.33. The number of anilines is 2. The minimum atomic E-state index is -0.946. The van der Waals surface area contributed by atoms with Gasteiger partial charge in [-0.25, -0.2) is 14.8 Å². The molecule has 0 radical (unpaired) electrons. The number of nitrogens with one attached hydrogen (secondary N) is 1. The molecule has 2 fully saturated rings. The minimum absolute atomic E-state index is 0.265. The normalized spacial score (nSPS) is 15.7. The van der Waals surface area contributed by atoms with Gasteiger partial charge in [-0.15, -0.1) is 0 Å². The van der Waals surface area contributed by atoms with Gasteiger partial charge >= 0.3 is 5.97 Å². The van der Waals surface area contributed by atoms with Gasteiger partial charge < -0.3 is 15.2 Å². The van der Waals surface area contributed by atoms with Crippen LogP contribution < -0.4 is 10.1 Å². The van der Waals surface area contributed by atoms with E-state index < -0.39 is 5.97 Å². The Morgan fingerprint density at radius 3 is 2.48 bits per heavy atom. The van der Waals surface area contributed by atoms with Gasteiger partial charge in [-0.05, 0) is 61.4 Å². The molecule has 0 aliphatic heterocycles. The van der Waals surface area contributed by atoms with Crippen molar-refractivity contribution >= 4 is 17.3 Å². The Kier molecular flexibility index (Phi) is 4.39.